The van der Waals surface area contributed by atoms with Crippen molar-refractivity contribution in [3.63, 3.8) is 0 Å². The Bertz CT molecular complexity index is 394. The van der Waals surface area contributed by atoms with Crippen LogP contribution < -0.4 is 5.73 Å². The van der Waals surface area contributed by atoms with Gasteiger partial charge in [0.15, 0.2) is 0 Å². The number of hydrogen-bond donors (Lipinski definition) is 1. The maximum absolute atomic E-state index is 5.76. The Hall–Kier alpha value is -0.860. The largest absolute Gasteiger partial charge is 0.326 e. The molecule has 1 fully saturated rings. The second-order valence-corrected chi connectivity index (χ2v) is 6.62. The van der Waals surface area contributed by atoms with Crippen LogP contribution in [-0.2, 0) is 13.1 Å². The number of hydrogen-bond acceptors (Lipinski definition) is 2. The van der Waals surface area contributed by atoms with Gasteiger partial charge >= 0.3 is 0 Å². The zero-order valence-electron chi connectivity index (χ0n) is 13.1. The maximum atomic E-state index is 5.76. The van der Waals surface area contributed by atoms with Crippen LogP contribution in [0.15, 0.2) is 24.3 Å². The third kappa shape index (κ3) is 4.60. The molecule has 2 nitrogen and oxygen atoms in total. The zero-order valence-corrected chi connectivity index (χ0v) is 13.1. The molecular formula is C18H30N2. The molecule has 0 radical (unpaired) electrons. The van der Waals surface area contributed by atoms with E-state index < -0.39 is 0 Å². The second kappa shape index (κ2) is 7.80. The average Bonchev–Trinajstić information content (AvgIpc) is 2.97. The fourth-order valence-electron chi connectivity index (χ4n) is 3.17. The summed E-state index contributed by atoms with van der Waals surface area (Å²) in [4.78, 5) is 2.71. The van der Waals surface area contributed by atoms with Gasteiger partial charge in [-0.25, -0.2) is 0 Å². The highest BCUT2D eigenvalue weighted by Crippen LogP contribution is 2.25. The quantitative estimate of drug-likeness (QED) is 0.816. The molecule has 0 unspecified atom stereocenters. The SMILES string of the molecule is CC(C)CCN(Cc1cccc(CN)c1)C1CCCC1. The first-order chi connectivity index (χ1) is 9.69. The summed E-state index contributed by atoms with van der Waals surface area (Å²) in [7, 11) is 0. The summed E-state index contributed by atoms with van der Waals surface area (Å²) in [5, 5.41) is 0. The minimum Gasteiger partial charge on any atom is -0.326 e. The van der Waals surface area contributed by atoms with E-state index in [1.807, 2.05) is 0 Å². The smallest absolute Gasteiger partial charge is 0.0236 e. The first-order valence-corrected chi connectivity index (χ1v) is 8.21. The van der Waals surface area contributed by atoms with Crippen LogP contribution in [-0.4, -0.2) is 17.5 Å². The van der Waals surface area contributed by atoms with E-state index in [-0.39, 0.29) is 0 Å². The second-order valence-electron chi connectivity index (χ2n) is 6.62. The van der Waals surface area contributed by atoms with Crippen LogP contribution in [0, 0.1) is 5.92 Å². The van der Waals surface area contributed by atoms with Crippen LogP contribution in [0.25, 0.3) is 0 Å². The topological polar surface area (TPSA) is 29.3 Å². The van der Waals surface area contributed by atoms with Crippen molar-refractivity contribution in [3.05, 3.63) is 35.4 Å². The summed E-state index contributed by atoms with van der Waals surface area (Å²) in [6, 6.07) is 9.59. The van der Waals surface area contributed by atoms with E-state index in [1.54, 1.807) is 0 Å². The molecule has 1 aromatic rings. The van der Waals surface area contributed by atoms with Crippen molar-refractivity contribution in [2.24, 2.45) is 11.7 Å². The third-order valence-electron chi connectivity index (χ3n) is 4.45. The number of nitrogens with two attached hydrogens (primary N) is 1. The maximum Gasteiger partial charge on any atom is 0.0236 e. The normalized spacial score (nSPS) is 16.4. The average molecular weight is 274 g/mol. The summed E-state index contributed by atoms with van der Waals surface area (Å²) < 4.78 is 0. The van der Waals surface area contributed by atoms with Gasteiger partial charge in [0.1, 0.15) is 0 Å². The van der Waals surface area contributed by atoms with Gasteiger partial charge in [-0.15, -0.1) is 0 Å². The lowest BCUT2D eigenvalue weighted by molar-refractivity contribution is 0.179. The summed E-state index contributed by atoms with van der Waals surface area (Å²) in [6.07, 6.45) is 6.88. The van der Waals surface area contributed by atoms with Crippen molar-refractivity contribution in [2.75, 3.05) is 6.54 Å². The number of rotatable bonds is 7. The molecule has 0 bridgehead atoms. The highest BCUT2D eigenvalue weighted by molar-refractivity contribution is 5.23. The van der Waals surface area contributed by atoms with Crippen LogP contribution in [0.3, 0.4) is 0 Å². The van der Waals surface area contributed by atoms with Crippen molar-refractivity contribution in [1.82, 2.24) is 4.90 Å². The Balaban J connectivity index is 2.01. The molecule has 2 heteroatoms. The molecule has 112 valence electrons. The van der Waals surface area contributed by atoms with Crippen molar-refractivity contribution >= 4 is 0 Å². The van der Waals surface area contributed by atoms with Gasteiger partial charge in [-0.05, 0) is 42.9 Å². The van der Waals surface area contributed by atoms with Gasteiger partial charge in [0.25, 0.3) is 0 Å². The summed E-state index contributed by atoms with van der Waals surface area (Å²) in [5.41, 5.74) is 8.42. The lowest BCUT2D eigenvalue weighted by Crippen LogP contribution is -2.34. The van der Waals surface area contributed by atoms with Gasteiger partial charge in [0.2, 0.25) is 0 Å². The van der Waals surface area contributed by atoms with Crippen LogP contribution >= 0.6 is 0 Å². The first kappa shape index (κ1) is 15.5. The summed E-state index contributed by atoms with van der Waals surface area (Å²) >= 11 is 0. The fourth-order valence-corrected chi connectivity index (χ4v) is 3.17. The minimum atomic E-state index is 0.642. The van der Waals surface area contributed by atoms with Crippen molar-refractivity contribution < 1.29 is 0 Å². The van der Waals surface area contributed by atoms with Crippen LogP contribution in [0.1, 0.15) is 57.1 Å². The molecule has 0 amide bonds. The molecule has 0 aromatic heterocycles. The van der Waals surface area contributed by atoms with Crippen molar-refractivity contribution in [1.29, 1.82) is 0 Å². The molecule has 0 atom stereocenters. The van der Waals surface area contributed by atoms with Crippen molar-refractivity contribution in [2.45, 2.75) is 65.1 Å². The fraction of sp³-hybridized carbons (Fsp3) is 0.667. The van der Waals surface area contributed by atoms with E-state index in [0.29, 0.717) is 6.54 Å². The van der Waals surface area contributed by atoms with Gasteiger partial charge in [-0.1, -0.05) is 51.0 Å². The van der Waals surface area contributed by atoms with Gasteiger partial charge in [-0.3, -0.25) is 4.90 Å². The molecule has 20 heavy (non-hydrogen) atoms. The van der Waals surface area contributed by atoms with E-state index in [2.05, 4.69) is 43.0 Å². The molecule has 0 aliphatic heterocycles. The summed E-state index contributed by atoms with van der Waals surface area (Å²) in [5.74, 6) is 0.786. The molecule has 0 spiro atoms. The molecule has 1 aliphatic rings. The van der Waals surface area contributed by atoms with E-state index in [1.165, 1.54) is 49.8 Å². The van der Waals surface area contributed by atoms with E-state index in [0.717, 1.165) is 18.5 Å². The molecule has 2 N–H and O–H groups in total. The van der Waals surface area contributed by atoms with Crippen LogP contribution in [0.4, 0.5) is 0 Å². The lowest BCUT2D eigenvalue weighted by atomic mass is 10.1. The monoisotopic (exact) mass is 274 g/mol. The van der Waals surface area contributed by atoms with Crippen molar-refractivity contribution in [3.8, 4) is 0 Å². The number of nitrogens with zero attached hydrogens (tertiary/aromatic N) is 1. The molecule has 0 saturated heterocycles. The predicted octanol–water partition coefficient (Wildman–Crippen LogP) is 3.94. The van der Waals surface area contributed by atoms with Gasteiger partial charge in [0.05, 0.1) is 0 Å². The standard InChI is InChI=1S/C18H30N2/c1-15(2)10-11-20(18-8-3-4-9-18)14-17-7-5-6-16(12-17)13-19/h5-7,12,15,18H,3-4,8-11,13-14,19H2,1-2H3. The van der Waals surface area contributed by atoms with Gasteiger partial charge in [0, 0.05) is 19.1 Å². The van der Waals surface area contributed by atoms with Gasteiger partial charge < -0.3 is 5.73 Å². The van der Waals surface area contributed by atoms with E-state index in [9.17, 15) is 0 Å². The van der Waals surface area contributed by atoms with Gasteiger partial charge in [-0.2, -0.15) is 0 Å². The van der Waals surface area contributed by atoms with Crippen LogP contribution in [0.5, 0.6) is 0 Å². The summed E-state index contributed by atoms with van der Waals surface area (Å²) in [6.45, 7) is 7.60. The zero-order chi connectivity index (χ0) is 14.4. The predicted molar refractivity (Wildman–Crippen MR) is 86.5 cm³/mol. The molecule has 1 saturated carbocycles. The van der Waals surface area contributed by atoms with E-state index in [4.69, 9.17) is 5.73 Å². The molecule has 2 rings (SSSR count). The highest BCUT2D eigenvalue weighted by Gasteiger charge is 2.22. The molecule has 0 heterocycles. The van der Waals surface area contributed by atoms with Crippen LogP contribution in [0.2, 0.25) is 0 Å². The minimum absolute atomic E-state index is 0.642. The Morgan fingerprint density at radius 3 is 2.55 bits per heavy atom. The highest BCUT2D eigenvalue weighted by atomic mass is 15.2. The molecule has 1 aromatic carbocycles. The molecular weight excluding hydrogens is 244 g/mol. The Kier molecular flexibility index (Phi) is 6.06. The number of benzene rings is 1. The first-order valence-electron chi connectivity index (χ1n) is 8.21. The lowest BCUT2D eigenvalue weighted by Gasteiger charge is -2.29. The third-order valence-corrected chi connectivity index (χ3v) is 4.45. The Labute approximate surface area is 124 Å². The Morgan fingerprint density at radius 1 is 1.20 bits per heavy atom. The van der Waals surface area contributed by atoms with E-state index >= 15 is 0 Å². The molecule has 1 aliphatic carbocycles. The Morgan fingerprint density at radius 2 is 1.90 bits per heavy atom.